The highest BCUT2D eigenvalue weighted by Gasteiger charge is 2.57. The summed E-state index contributed by atoms with van der Waals surface area (Å²) in [6, 6.07) is 2.27. The predicted molar refractivity (Wildman–Crippen MR) is 104 cm³/mol. The summed E-state index contributed by atoms with van der Waals surface area (Å²) in [5.74, 6) is 1.25. The highest BCUT2D eigenvalue weighted by Crippen LogP contribution is 2.52. The average Bonchev–Trinajstić information content (AvgIpc) is 3.17. The monoisotopic (exact) mass is 386 g/mol. The van der Waals surface area contributed by atoms with Crippen LogP contribution in [0.3, 0.4) is 0 Å². The molecule has 8 nitrogen and oxygen atoms in total. The summed E-state index contributed by atoms with van der Waals surface area (Å²) in [6.07, 6.45) is 5.23. The van der Waals surface area contributed by atoms with Gasteiger partial charge in [0.15, 0.2) is 5.82 Å². The van der Waals surface area contributed by atoms with Crippen molar-refractivity contribution in [3.05, 3.63) is 23.6 Å². The zero-order chi connectivity index (χ0) is 19.2. The Morgan fingerprint density at radius 2 is 1.93 bits per heavy atom. The molecule has 142 valence electrons. The van der Waals surface area contributed by atoms with Gasteiger partial charge in [0.25, 0.3) is 0 Å². The first-order valence-electron chi connectivity index (χ1n) is 8.94. The van der Waals surface area contributed by atoms with Crippen LogP contribution in [0.25, 0.3) is 0 Å². The molecule has 9 heteroatoms. The first-order valence-corrected chi connectivity index (χ1v) is 9.32. The first kappa shape index (κ1) is 18.0. The second kappa shape index (κ2) is 6.36. The molecule has 2 aliphatic rings. The number of nitrogens with zero attached hydrogens (tertiary/aromatic N) is 7. The fraction of sp³-hybridized carbons (Fsp3) is 0.556. The molecule has 0 amide bonds. The van der Waals surface area contributed by atoms with Crippen LogP contribution < -0.4 is 10.2 Å². The summed E-state index contributed by atoms with van der Waals surface area (Å²) < 4.78 is 1.72. The Bertz CT molecular complexity index is 885. The van der Waals surface area contributed by atoms with Gasteiger partial charge < -0.3 is 10.2 Å². The summed E-state index contributed by atoms with van der Waals surface area (Å²) >= 11 is 6.44. The number of aromatic nitrogens is 4. The van der Waals surface area contributed by atoms with E-state index in [1.165, 1.54) is 0 Å². The van der Waals surface area contributed by atoms with E-state index >= 15 is 0 Å². The van der Waals surface area contributed by atoms with Crippen LogP contribution in [0.4, 0.5) is 17.5 Å². The molecule has 2 saturated heterocycles. The maximum Gasteiger partial charge on any atom is 0.229 e. The highest BCUT2D eigenvalue weighted by molar-refractivity contribution is 6.32. The molecule has 4 rings (SSSR count). The number of nitrogens with one attached hydrogen (secondary N) is 1. The minimum Gasteiger partial charge on any atom is -0.354 e. The van der Waals surface area contributed by atoms with Crippen LogP contribution >= 0.6 is 11.6 Å². The number of halogens is 1. The Hall–Kier alpha value is -2.37. The van der Waals surface area contributed by atoms with Crippen LogP contribution in [0.5, 0.6) is 0 Å². The fourth-order valence-corrected chi connectivity index (χ4v) is 4.63. The summed E-state index contributed by atoms with van der Waals surface area (Å²) in [7, 11) is 1.86. The van der Waals surface area contributed by atoms with E-state index in [4.69, 9.17) is 16.9 Å². The van der Waals surface area contributed by atoms with E-state index in [9.17, 15) is 0 Å². The van der Waals surface area contributed by atoms with Crippen molar-refractivity contribution < 1.29 is 0 Å². The third kappa shape index (κ3) is 3.11. The zero-order valence-electron chi connectivity index (χ0n) is 15.8. The quantitative estimate of drug-likeness (QED) is 0.806. The minimum atomic E-state index is 0.0923. The molecule has 4 heterocycles. The van der Waals surface area contributed by atoms with E-state index in [1.54, 1.807) is 17.1 Å². The molecule has 0 radical (unpaired) electrons. The number of fused-ring (bicyclic) bond motifs is 1. The molecule has 0 bridgehead atoms. The number of nitriles is 1. The van der Waals surface area contributed by atoms with Gasteiger partial charge in [0.2, 0.25) is 5.95 Å². The lowest BCUT2D eigenvalue weighted by molar-refractivity contribution is 0.212. The van der Waals surface area contributed by atoms with E-state index in [0.29, 0.717) is 17.5 Å². The van der Waals surface area contributed by atoms with Gasteiger partial charge in [-0.2, -0.15) is 15.3 Å². The summed E-state index contributed by atoms with van der Waals surface area (Å²) in [4.78, 5) is 13.5. The van der Waals surface area contributed by atoms with Gasteiger partial charge in [-0.15, -0.1) is 0 Å². The van der Waals surface area contributed by atoms with Gasteiger partial charge >= 0.3 is 0 Å². The van der Waals surface area contributed by atoms with Crippen LogP contribution in [0.2, 0.25) is 5.02 Å². The topological polar surface area (TPSA) is 85.9 Å². The molecule has 2 atom stereocenters. The smallest absolute Gasteiger partial charge is 0.229 e. The molecular weight excluding hydrogens is 364 g/mol. The third-order valence-electron chi connectivity index (χ3n) is 5.96. The second-order valence-corrected chi connectivity index (χ2v) is 8.58. The second-order valence-electron chi connectivity index (χ2n) is 8.17. The summed E-state index contributed by atoms with van der Waals surface area (Å²) in [5, 5.41) is 16.9. The summed E-state index contributed by atoms with van der Waals surface area (Å²) in [5.41, 5.74) is 1.01. The number of anilines is 3. The van der Waals surface area contributed by atoms with E-state index < -0.39 is 0 Å². The van der Waals surface area contributed by atoms with Gasteiger partial charge in [0.1, 0.15) is 5.02 Å². The predicted octanol–water partition coefficient (Wildman–Crippen LogP) is 2.28. The van der Waals surface area contributed by atoms with Crippen molar-refractivity contribution in [3.8, 4) is 6.07 Å². The first-order chi connectivity index (χ1) is 12.8. The number of hydrogen-bond acceptors (Lipinski definition) is 7. The Morgan fingerprint density at radius 1 is 1.22 bits per heavy atom. The van der Waals surface area contributed by atoms with Crippen LogP contribution in [0, 0.1) is 22.2 Å². The Balaban J connectivity index is 1.56. The van der Waals surface area contributed by atoms with Crippen LogP contribution in [0.1, 0.15) is 13.8 Å². The Kier molecular flexibility index (Phi) is 4.24. The lowest BCUT2D eigenvalue weighted by Gasteiger charge is -2.30. The Labute approximate surface area is 163 Å². The standard InChI is InChI=1S/C18H23ClN8/c1-17-9-26(5-4-20)10-18(17,2)12-27(11-17)15-14(19)7-21-16(24-15)23-13-6-22-25(3)8-13/h6-8H,5,9-12H2,1-3H3,(H,21,23,24)/t17-,18+. The SMILES string of the molecule is Cn1cc(Nc2ncc(Cl)c(N3C[C@]4(C)CN(CC#N)C[C@]4(C)C3)n2)cn1. The maximum atomic E-state index is 9.03. The number of aryl methyl sites for hydroxylation is 1. The molecule has 27 heavy (non-hydrogen) atoms. The largest absolute Gasteiger partial charge is 0.354 e. The molecule has 1 N–H and O–H groups in total. The molecule has 0 saturated carbocycles. The van der Waals surface area contributed by atoms with Crippen molar-refractivity contribution in [1.29, 1.82) is 5.26 Å². The number of hydrogen-bond donors (Lipinski definition) is 1. The van der Waals surface area contributed by atoms with Crippen molar-refractivity contribution in [2.24, 2.45) is 17.9 Å². The average molecular weight is 387 g/mol. The van der Waals surface area contributed by atoms with Gasteiger partial charge in [-0.1, -0.05) is 25.4 Å². The molecule has 2 aromatic heterocycles. The molecule has 2 fully saturated rings. The van der Waals surface area contributed by atoms with Gasteiger partial charge in [0.05, 0.1) is 30.7 Å². The van der Waals surface area contributed by atoms with Crippen molar-refractivity contribution in [2.75, 3.05) is 42.9 Å². The zero-order valence-corrected chi connectivity index (χ0v) is 16.5. The fourth-order valence-electron chi connectivity index (χ4n) is 4.42. The molecular formula is C18H23ClN8. The van der Waals surface area contributed by atoms with E-state index in [0.717, 1.165) is 37.7 Å². The van der Waals surface area contributed by atoms with Crippen molar-refractivity contribution >= 4 is 29.1 Å². The molecule has 2 aromatic rings. The van der Waals surface area contributed by atoms with Crippen LogP contribution in [-0.2, 0) is 7.05 Å². The molecule has 0 aliphatic carbocycles. The molecule has 2 aliphatic heterocycles. The lowest BCUT2D eigenvalue weighted by Crippen LogP contribution is -2.34. The Morgan fingerprint density at radius 3 is 2.52 bits per heavy atom. The molecule has 0 aromatic carbocycles. The highest BCUT2D eigenvalue weighted by atomic mass is 35.5. The van der Waals surface area contributed by atoms with Gasteiger partial charge in [-0.25, -0.2) is 4.98 Å². The maximum absolute atomic E-state index is 9.03. The van der Waals surface area contributed by atoms with Crippen molar-refractivity contribution in [1.82, 2.24) is 24.6 Å². The van der Waals surface area contributed by atoms with E-state index in [1.807, 2.05) is 13.2 Å². The molecule has 0 unspecified atom stereocenters. The van der Waals surface area contributed by atoms with E-state index in [2.05, 4.69) is 50.1 Å². The number of likely N-dealkylation sites (tertiary alicyclic amines) is 1. The van der Waals surface area contributed by atoms with Crippen molar-refractivity contribution in [3.63, 3.8) is 0 Å². The van der Waals surface area contributed by atoms with Gasteiger partial charge in [0, 0.05) is 50.3 Å². The van der Waals surface area contributed by atoms with Crippen LogP contribution in [0.15, 0.2) is 18.6 Å². The molecule has 0 spiro atoms. The third-order valence-corrected chi connectivity index (χ3v) is 6.23. The van der Waals surface area contributed by atoms with Gasteiger partial charge in [-0.3, -0.25) is 9.58 Å². The normalized spacial score (nSPS) is 27.6. The number of rotatable bonds is 4. The summed E-state index contributed by atoms with van der Waals surface area (Å²) in [6.45, 7) is 8.62. The lowest BCUT2D eigenvalue weighted by atomic mass is 9.71. The van der Waals surface area contributed by atoms with Gasteiger partial charge in [-0.05, 0) is 0 Å². The van der Waals surface area contributed by atoms with E-state index in [-0.39, 0.29) is 10.8 Å². The van der Waals surface area contributed by atoms with Crippen molar-refractivity contribution in [2.45, 2.75) is 13.8 Å². The van der Waals surface area contributed by atoms with Crippen LogP contribution in [-0.4, -0.2) is 57.4 Å². The minimum absolute atomic E-state index is 0.0923.